The SMILES string of the molecule is CCNC(=NCC(C)(O)CN1CCOCC1)NCC(C)C(=O)OC. The lowest BCUT2D eigenvalue weighted by atomic mass is 10.1. The van der Waals surface area contributed by atoms with E-state index in [1.165, 1.54) is 7.11 Å². The van der Waals surface area contributed by atoms with Crippen molar-refractivity contribution in [3.63, 3.8) is 0 Å². The average molecular weight is 344 g/mol. The predicted octanol–water partition coefficient (Wildman–Crippen LogP) is -0.566. The van der Waals surface area contributed by atoms with E-state index in [1.807, 2.05) is 6.92 Å². The number of β-amino-alcohol motifs (C(OH)–C–C–N with tert-alkyl or cyclic N) is 1. The van der Waals surface area contributed by atoms with E-state index in [0.717, 1.165) is 13.1 Å². The molecule has 1 aliphatic heterocycles. The van der Waals surface area contributed by atoms with E-state index in [0.29, 0.717) is 38.8 Å². The number of carbonyl (C=O) groups excluding carboxylic acids is 1. The number of aliphatic hydroxyl groups is 1. The van der Waals surface area contributed by atoms with Gasteiger partial charge in [-0.05, 0) is 13.8 Å². The fourth-order valence-corrected chi connectivity index (χ4v) is 2.42. The molecule has 0 aliphatic carbocycles. The molecule has 0 amide bonds. The van der Waals surface area contributed by atoms with Crippen molar-refractivity contribution in [3.8, 4) is 0 Å². The zero-order valence-electron chi connectivity index (χ0n) is 15.3. The molecule has 1 saturated heterocycles. The maximum absolute atomic E-state index is 11.4. The molecule has 0 aromatic carbocycles. The second-order valence-electron chi connectivity index (χ2n) is 6.39. The number of ether oxygens (including phenoxy) is 2. The van der Waals surface area contributed by atoms with Gasteiger partial charge in [-0.2, -0.15) is 0 Å². The monoisotopic (exact) mass is 344 g/mol. The highest BCUT2D eigenvalue weighted by molar-refractivity contribution is 5.80. The van der Waals surface area contributed by atoms with Crippen LogP contribution in [0.4, 0.5) is 0 Å². The standard InChI is InChI=1S/C16H32N4O4/c1-5-17-15(18-10-13(2)14(21)23-4)19-11-16(3,22)12-20-6-8-24-9-7-20/h13,22H,5-12H2,1-4H3,(H2,17,18,19). The average Bonchev–Trinajstić information content (AvgIpc) is 2.56. The third-order valence-electron chi connectivity index (χ3n) is 3.77. The van der Waals surface area contributed by atoms with Gasteiger partial charge in [0.2, 0.25) is 0 Å². The first-order valence-corrected chi connectivity index (χ1v) is 8.50. The Bertz CT molecular complexity index is 409. The van der Waals surface area contributed by atoms with E-state index in [1.54, 1.807) is 13.8 Å². The molecule has 140 valence electrons. The molecule has 1 fully saturated rings. The van der Waals surface area contributed by atoms with Gasteiger partial charge in [0, 0.05) is 32.7 Å². The number of rotatable bonds is 8. The topological polar surface area (TPSA) is 95.4 Å². The maximum Gasteiger partial charge on any atom is 0.310 e. The Morgan fingerprint density at radius 1 is 1.42 bits per heavy atom. The van der Waals surface area contributed by atoms with Crippen LogP contribution in [0.2, 0.25) is 0 Å². The zero-order valence-corrected chi connectivity index (χ0v) is 15.3. The Kier molecular flexibility index (Phi) is 9.02. The Morgan fingerprint density at radius 2 is 2.08 bits per heavy atom. The molecule has 1 rings (SSSR count). The largest absolute Gasteiger partial charge is 0.469 e. The molecule has 0 aromatic heterocycles. The van der Waals surface area contributed by atoms with Gasteiger partial charge in [-0.25, -0.2) is 0 Å². The van der Waals surface area contributed by atoms with Crippen LogP contribution in [0, 0.1) is 5.92 Å². The Balaban J connectivity index is 2.51. The van der Waals surface area contributed by atoms with Crippen molar-refractivity contribution in [3.05, 3.63) is 0 Å². The number of guanidine groups is 1. The van der Waals surface area contributed by atoms with Gasteiger partial charge in [0.25, 0.3) is 0 Å². The first-order valence-electron chi connectivity index (χ1n) is 8.50. The van der Waals surface area contributed by atoms with Crippen LogP contribution in [0.25, 0.3) is 0 Å². The van der Waals surface area contributed by atoms with Crippen molar-refractivity contribution in [1.29, 1.82) is 0 Å². The molecule has 0 saturated carbocycles. The number of aliphatic imine (C=N–C) groups is 1. The lowest BCUT2D eigenvalue weighted by molar-refractivity contribution is -0.144. The van der Waals surface area contributed by atoms with Crippen LogP contribution in [0.15, 0.2) is 4.99 Å². The van der Waals surface area contributed by atoms with Crippen molar-refractivity contribution < 1.29 is 19.4 Å². The van der Waals surface area contributed by atoms with Gasteiger partial charge in [-0.1, -0.05) is 6.92 Å². The van der Waals surface area contributed by atoms with Crippen LogP contribution >= 0.6 is 0 Å². The summed E-state index contributed by atoms with van der Waals surface area (Å²) in [6.07, 6.45) is 0. The molecule has 2 unspecified atom stereocenters. The fraction of sp³-hybridized carbons (Fsp3) is 0.875. The van der Waals surface area contributed by atoms with Crippen molar-refractivity contribution in [2.24, 2.45) is 10.9 Å². The number of nitrogens with one attached hydrogen (secondary N) is 2. The molecule has 1 aliphatic rings. The van der Waals surface area contributed by atoms with Crippen LogP contribution < -0.4 is 10.6 Å². The van der Waals surface area contributed by atoms with Gasteiger partial charge in [0.05, 0.1) is 38.4 Å². The smallest absolute Gasteiger partial charge is 0.310 e. The molecule has 1 heterocycles. The first kappa shape index (κ1) is 20.7. The molecule has 0 spiro atoms. The fourth-order valence-electron chi connectivity index (χ4n) is 2.42. The number of hydrogen-bond donors (Lipinski definition) is 3. The normalized spacial score (nSPS) is 20.1. The minimum Gasteiger partial charge on any atom is -0.469 e. The van der Waals surface area contributed by atoms with Crippen LogP contribution in [0.1, 0.15) is 20.8 Å². The number of carbonyl (C=O) groups is 1. The van der Waals surface area contributed by atoms with Gasteiger partial charge in [0.15, 0.2) is 5.96 Å². The van der Waals surface area contributed by atoms with Crippen LogP contribution in [0.3, 0.4) is 0 Å². The summed E-state index contributed by atoms with van der Waals surface area (Å²) in [6.45, 7) is 10.5. The molecule has 24 heavy (non-hydrogen) atoms. The van der Waals surface area contributed by atoms with Gasteiger partial charge < -0.3 is 25.2 Å². The minimum atomic E-state index is -0.923. The summed E-state index contributed by atoms with van der Waals surface area (Å²) in [6, 6.07) is 0. The van der Waals surface area contributed by atoms with Crippen LogP contribution in [-0.2, 0) is 14.3 Å². The van der Waals surface area contributed by atoms with E-state index in [9.17, 15) is 9.90 Å². The lowest BCUT2D eigenvalue weighted by Crippen LogP contribution is -2.48. The van der Waals surface area contributed by atoms with Crippen LogP contribution in [0.5, 0.6) is 0 Å². The van der Waals surface area contributed by atoms with E-state index in [2.05, 4.69) is 20.5 Å². The third kappa shape index (κ3) is 7.94. The number of hydrogen-bond acceptors (Lipinski definition) is 6. The predicted molar refractivity (Wildman–Crippen MR) is 93.0 cm³/mol. The highest BCUT2D eigenvalue weighted by atomic mass is 16.5. The maximum atomic E-state index is 11.4. The Morgan fingerprint density at radius 3 is 2.67 bits per heavy atom. The van der Waals surface area contributed by atoms with Gasteiger partial charge in [0.1, 0.15) is 0 Å². The highest BCUT2D eigenvalue weighted by Gasteiger charge is 2.25. The molecule has 0 aromatic rings. The number of methoxy groups -OCH3 is 1. The molecule has 0 radical (unpaired) electrons. The summed E-state index contributed by atoms with van der Waals surface area (Å²) >= 11 is 0. The van der Waals surface area contributed by atoms with E-state index in [-0.39, 0.29) is 18.4 Å². The summed E-state index contributed by atoms with van der Waals surface area (Å²) in [5, 5.41) is 16.8. The molecule has 2 atom stereocenters. The Labute approximate surface area is 144 Å². The molecule has 8 nitrogen and oxygen atoms in total. The van der Waals surface area contributed by atoms with Gasteiger partial charge in [-0.3, -0.25) is 14.7 Å². The number of nitrogens with zero attached hydrogens (tertiary/aromatic N) is 2. The summed E-state index contributed by atoms with van der Waals surface area (Å²) in [5.41, 5.74) is -0.923. The second-order valence-corrected chi connectivity index (χ2v) is 6.39. The minimum absolute atomic E-state index is 0.266. The zero-order chi connectivity index (χ0) is 18.0. The van der Waals surface area contributed by atoms with Gasteiger partial charge in [-0.15, -0.1) is 0 Å². The van der Waals surface area contributed by atoms with E-state index < -0.39 is 5.60 Å². The van der Waals surface area contributed by atoms with Crippen molar-refractivity contribution in [2.75, 3.05) is 59.6 Å². The van der Waals surface area contributed by atoms with E-state index in [4.69, 9.17) is 9.47 Å². The van der Waals surface area contributed by atoms with Crippen molar-refractivity contribution in [1.82, 2.24) is 15.5 Å². The van der Waals surface area contributed by atoms with Crippen LogP contribution in [-0.4, -0.2) is 87.1 Å². The van der Waals surface area contributed by atoms with Crippen molar-refractivity contribution in [2.45, 2.75) is 26.4 Å². The Hall–Kier alpha value is -1.38. The molecule has 0 bridgehead atoms. The van der Waals surface area contributed by atoms with Crippen molar-refractivity contribution >= 4 is 11.9 Å². The summed E-state index contributed by atoms with van der Waals surface area (Å²) in [4.78, 5) is 18.1. The molecular weight excluding hydrogens is 312 g/mol. The third-order valence-corrected chi connectivity index (χ3v) is 3.77. The summed E-state index contributed by atoms with van der Waals surface area (Å²) < 4.78 is 10.0. The molecule has 8 heteroatoms. The molecule has 3 N–H and O–H groups in total. The van der Waals surface area contributed by atoms with Gasteiger partial charge >= 0.3 is 5.97 Å². The number of esters is 1. The molecular formula is C16H32N4O4. The quantitative estimate of drug-likeness (QED) is 0.308. The summed E-state index contributed by atoms with van der Waals surface area (Å²) in [5.74, 6) is 0.0425. The van der Waals surface area contributed by atoms with E-state index >= 15 is 0 Å². The highest BCUT2D eigenvalue weighted by Crippen LogP contribution is 2.09. The number of morpholine rings is 1. The lowest BCUT2D eigenvalue weighted by Gasteiger charge is -2.33. The summed E-state index contributed by atoms with van der Waals surface area (Å²) in [7, 11) is 1.38. The first-order chi connectivity index (χ1) is 11.4. The second kappa shape index (κ2) is 10.5.